The van der Waals surface area contributed by atoms with Gasteiger partial charge in [0.05, 0.1) is 7.11 Å². The normalized spacial score (nSPS) is 10.2. The van der Waals surface area contributed by atoms with Crippen molar-refractivity contribution in [3.8, 4) is 16.9 Å². The van der Waals surface area contributed by atoms with Crippen LogP contribution in [-0.2, 0) is 0 Å². The maximum Gasteiger partial charge on any atom is 0.193 e. The molecule has 108 valence electrons. The second-order valence-electron chi connectivity index (χ2n) is 4.97. The third-order valence-electron chi connectivity index (χ3n) is 3.61. The standard InChI is InChI=1S/C20H16O2/c1-22-17-13-11-16(12-14-17)20(21)19-10-6-5-9-18(19)15-7-3-2-4-8-15/h2-14H,1H3. The number of carbonyl (C=O) groups excluding carboxylic acids is 1. The predicted octanol–water partition coefficient (Wildman–Crippen LogP) is 4.59. The molecule has 0 atom stereocenters. The Bertz CT molecular complexity index is 774. The minimum atomic E-state index is 0.0158. The van der Waals surface area contributed by atoms with Crippen LogP contribution < -0.4 is 4.74 Å². The smallest absolute Gasteiger partial charge is 0.193 e. The summed E-state index contributed by atoms with van der Waals surface area (Å²) in [6.07, 6.45) is 0. The lowest BCUT2D eigenvalue weighted by Gasteiger charge is -2.09. The first-order valence-electron chi connectivity index (χ1n) is 7.13. The number of methoxy groups -OCH3 is 1. The van der Waals surface area contributed by atoms with Crippen LogP contribution in [0.5, 0.6) is 5.75 Å². The van der Waals surface area contributed by atoms with Crippen molar-refractivity contribution in [2.45, 2.75) is 0 Å². The molecule has 0 fully saturated rings. The average molecular weight is 288 g/mol. The molecule has 0 N–H and O–H groups in total. The number of hydrogen-bond donors (Lipinski definition) is 0. The first-order chi connectivity index (χ1) is 10.8. The lowest BCUT2D eigenvalue weighted by Crippen LogP contribution is -2.03. The molecule has 2 heteroatoms. The molecule has 0 bridgehead atoms. The monoisotopic (exact) mass is 288 g/mol. The topological polar surface area (TPSA) is 26.3 Å². The van der Waals surface area contributed by atoms with Crippen LogP contribution in [0.3, 0.4) is 0 Å². The Hall–Kier alpha value is -2.87. The molecule has 3 aromatic rings. The Labute approximate surface area is 130 Å². The zero-order valence-corrected chi connectivity index (χ0v) is 12.3. The maximum atomic E-state index is 12.8. The van der Waals surface area contributed by atoms with Gasteiger partial charge < -0.3 is 4.74 Å². The molecule has 0 heterocycles. The lowest BCUT2D eigenvalue weighted by atomic mass is 9.94. The summed E-state index contributed by atoms with van der Waals surface area (Å²) in [5.74, 6) is 0.759. The van der Waals surface area contributed by atoms with Crippen LogP contribution in [0.25, 0.3) is 11.1 Å². The van der Waals surface area contributed by atoms with Crippen LogP contribution in [-0.4, -0.2) is 12.9 Å². The molecule has 0 aliphatic heterocycles. The number of carbonyl (C=O) groups is 1. The van der Waals surface area contributed by atoms with E-state index >= 15 is 0 Å². The summed E-state index contributed by atoms with van der Waals surface area (Å²) < 4.78 is 5.14. The zero-order chi connectivity index (χ0) is 15.4. The largest absolute Gasteiger partial charge is 0.497 e. The first kappa shape index (κ1) is 14.1. The van der Waals surface area contributed by atoms with Crippen LogP contribution >= 0.6 is 0 Å². The quantitative estimate of drug-likeness (QED) is 0.656. The fourth-order valence-corrected chi connectivity index (χ4v) is 2.45. The van der Waals surface area contributed by atoms with Crippen molar-refractivity contribution in [2.24, 2.45) is 0 Å². The summed E-state index contributed by atoms with van der Waals surface area (Å²) in [6, 6.07) is 24.8. The Balaban J connectivity index is 2.02. The van der Waals surface area contributed by atoms with Crippen molar-refractivity contribution in [3.63, 3.8) is 0 Å². The Kier molecular flexibility index (Phi) is 4.01. The van der Waals surface area contributed by atoms with Gasteiger partial charge in [-0.05, 0) is 35.4 Å². The van der Waals surface area contributed by atoms with Gasteiger partial charge in [-0.2, -0.15) is 0 Å². The van der Waals surface area contributed by atoms with Crippen LogP contribution in [0.2, 0.25) is 0 Å². The van der Waals surface area contributed by atoms with E-state index in [0.29, 0.717) is 11.1 Å². The summed E-state index contributed by atoms with van der Waals surface area (Å²) in [7, 11) is 1.61. The SMILES string of the molecule is COc1ccc(C(=O)c2ccccc2-c2ccccc2)cc1. The van der Waals surface area contributed by atoms with Gasteiger partial charge in [0, 0.05) is 11.1 Å². The van der Waals surface area contributed by atoms with Gasteiger partial charge in [-0.1, -0.05) is 54.6 Å². The maximum absolute atomic E-state index is 12.8. The van der Waals surface area contributed by atoms with E-state index in [4.69, 9.17) is 4.74 Å². The minimum Gasteiger partial charge on any atom is -0.497 e. The number of rotatable bonds is 4. The number of benzene rings is 3. The van der Waals surface area contributed by atoms with Crippen molar-refractivity contribution in [1.29, 1.82) is 0 Å². The van der Waals surface area contributed by atoms with Gasteiger partial charge in [-0.3, -0.25) is 4.79 Å². The molecule has 0 radical (unpaired) electrons. The average Bonchev–Trinajstić information content (AvgIpc) is 2.62. The third kappa shape index (κ3) is 2.77. The minimum absolute atomic E-state index is 0.0158. The van der Waals surface area contributed by atoms with Crippen molar-refractivity contribution < 1.29 is 9.53 Å². The van der Waals surface area contributed by atoms with Crippen molar-refractivity contribution in [3.05, 3.63) is 90.0 Å². The summed E-state index contributed by atoms with van der Waals surface area (Å²) in [6.45, 7) is 0. The van der Waals surface area contributed by atoms with Crippen molar-refractivity contribution in [1.82, 2.24) is 0 Å². The van der Waals surface area contributed by atoms with Crippen LogP contribution in [0.1, 0.15) is 15.9 Å². The highest BCUT2D eigenvalue weighted by atomic mass is 16.5. The molecule has 22 heavy (non-hydrogen) atoms. The second-order valence-corrected chi connectivity index (χ2v) is 4.97. The predicted molar refractivity (Wildman–Crippen MR) is 88.3 cm³/mol. The van der Waals surface area contributed by atoms with E-state index in [2.05, 4.69) is 0 Å². The van der Waals surface area contributed by atoms with E-state index in [9.17, 15) is 4.79 Å². The summed E-state index contributed by atoms with van der Waals surface area (Å²) in [5, 5.41) is 0. The van der Waals surface area contributed by atoms with Gasteiger partial charge in [0.1, 0.15) is 5.75 Å². The number of hydrogen-bond acceptors (Lipinski definition) is 2. The lowest BCUT2D eigenvalue weighted by molar-refractivity contribution is 0.103. The van der Waals surface area contributed by atoms with E-state index in [0.717, 1.165) is 16.9 Å². The van der Waals surface area contributed by atoms with E-state index < -0.39 is 0 Å². The molecule has 0 aliphatic carbocycles. The summed E-state index contributed by atoms with van der Waals surface area (Å²) >= 11 is 0. The van der Waals surface area contributed by atoms with Gasteiger partial charge >= 0.3 is 0 Å². The van der Waals surface area contributed by atoms with Gasteiger partial charge in [-0.25, -0.2) is 0 Å². The van der Waals surface area contributed by atoms with Gasteiger partial charge in [0.2, 0.25) is 0 Å². The van der Waals surface area contributed by atoms with E-state index in [1.807, 2.05) is 54.6 Å². The molecule has 0 unspecified atom stereocenters. The second kappa shape index (κ2) is 6.27. The third-order valence-corrected chi connectivity index (χ3v) is 3.61. The molecule has 0 aliphatic rings. The molecule has 2 nitrogen and oxygen atoms in total. The van der Waals surface area contributed by atoms with Crippen LogP contribution in [0.15, 0.2) is 78.9 Å². The molecule has 3 aromatic carbocycles. The van der Waals surface area contributed by atoms with Gasteiger partial charge in [0.25, 0.3) is 0 Å². The zero-order valence-electron chi connectivity index (χ0n) is 12.3. The first-order valence-corrected chi connectivity index (χ1v) is 7.13. The Morgan fingerprint density at radius 2 is 1.41 bits per heavy atom. The van der Waals surface area contributed by atoms with Crippen molar-refractivity contribution in [2.75, 3.05) is 7.11 Å². The molecule has 0 spiro atoms. The molecular formula is C20H16O2. The fourth-order valence-electron chi connectivity index (χ4n) is 2.45. The van der Waals surface area contributed by atoms with Crippen LogP contribution in [0.4, 0.5) is 0 Å². The summed E-state index contributed by atoms with van der Waals surface area (Å²) in [5.41, 5.74) is 3.35. The fraction of sp³-hybridized carbons (Fsp3) is 0.0500. The molecule has 3 rings (SSSR count). The molecule has 0 saturated heterocycles. The number of ketones is 1. The van der Waals surface area contributed by atoms with Gasteiger partial charge in [-0.15, -0.1) is 0 Å². The summed E-state index contributed by atoms with van der Waals surface area (Å²) in [4.78, 5) is 12.8. The Morgan fingerprint density at radius 1 is 0.773 bits per heavy atom. The molecule has 0 aromatic heterocycles. The van der Waals surface area contributed by atoms with E-state index in [1.165, 1.54) is 0 Å². The molecule has 0 amide bonds. The highest BCUT2D eigenvalue weighted by Gasteiger charge is 2.14. The number of ether oxygens (including phenoxy) is 1. The van der Waals surface area contributed by atoms with Crippen molar-refractivity contribution >= 4 is 5.78 Å². The molecular weight excluding hydrogens is 272 g/mol. The highest BCUT2D eigenvalue weighted by Crippen LogP contribution is 2.26. The van der Waals surface area contributed by atoms with E-state index in [1.54, 1.807) is 31.4 Å². The van der Waals surface area contributed by atoms with Gasteiger partial charge in [0.15, 0.2) is 5.78 Å². The molecule has 0 saturated carbocycles. The van der Waals surface area contributed by atoms with E-state index in [-0.39, 0.29) is 5.78 Å². The highest BCUT2D eigenvalue weighted by molar-refractivity contribution is 6.12. The van der Waals surface area contributed by atoms with Crippen LogP contribution in [0, 0.1) is 0 Å². The Morgan fingerprint density at radius 3 is 2.09 bits per heavy atom.